The van der Waals surface area contributed by atoms with Crippen LogP contribution in [0.15, 0.2) is 22.7 Å². The highest BCUT2D eigenvalue weighted by atomic mass is 79.9. The summed E-state index contributed by atoms with van der Waals surface area (Å²) in [4.78, 5) is 11.5. The Hall–Kier alpha value is -0.580. The van der Waals surface area contributed by atoms with Crippen molar-refractivity contribution in [2.45, 2.75) is 45.6 Å². The smallest absolute Gasteiger partial charge is 0.307 e. The molecule has 0 amide bonds. The molecule has 20 heavy (non-hydrogen) atoms. The van der Waals surface area contributed by atoms with Gasteiger partial charge in [0.25, 0.3) is 0 Å². The van der Waals surface area contributed by atoms with E-state index in [2.05, 4.69) is 48.8 Å². The molecular formula is C15H23BrClNO2. The maximum Gasteiger partial charge on any atom is 0.307 e. The van der Waals surface area contributed by atoms with E-state index in [-0.39, 0.29) is 36.3 Å². The van der Waals surface area contributed by atoms with Gasteiger partial charge in [-0.15, -0.1) is 12.4 Å². The fourth-order valence-electron chi connectivity index (χ4n) is 1.78. The van der Waals surface area contributed by atoms with E-state index in [1.807, 2.05) is 6.07 Å². The summed E-state index contributed by atoms with van der Waals surface area (Å²) in [6.45, 7) is 8.62. The summed E-state index contributed by atoms with van der Waals surface area (Å²) in [5, 5.41) is 0. The molecular weight excluding hydrogens is 342 g/mol. The van der Waals surface area contributed by atoms with E-state index in [1.165, 1.54) is 5.56 Å². The molecule has 114 valence electrons. The minimum atomic E-state index is -0.336. The molecule has 0 radical (unpaired) electrons. The average molecular weight is 365 g/mol. The second-order valence-electron chi connectivity index (χ2n) is 5.64. The summed E-state index contributed by atoms with van der Waals surface area (Å²) in [7, 11) is 0. The topological polar surface area (TPSA) is 52.3 Å². The first-order valence-electron chi connectivity index (χ1n) is 6.46. The third kappa shape index (κ3) is 5.81. The molecule has 3 nitrogen and oxygen atoms in total. The Bertz CT molecular complexity index is 458. The lowest BCUT2D eigenvalue weighted by molar-refractivity contribution is -0.143. The highest BCUT2D eigenvalue weighted by Crippen LogP contribution is 2.29. The van der Waals surface area contributed by atoms with Crippen molar-refractivity contribution in [2.24, 2.45) is 5.73 Å². The van der Waals surface area contributed by atoms with Gasteiger partial charge in [-0.05, 0) is 35.6 Å². The Morgan fingerprint density at radius 1 is 1.35 bits per heavy atom. The van der Waals surface area contributed by atoms with Gasteiger partial charge in [0.05, 0.1) is 13.0 Å². The second-order valence-corrected chi connectivity index (χ2v) is 6.55. The standard InChI is InChI=1S/C15H22BrNO2.ClH/c1-5-19-14(18)9-13(17)10-6-11(15(2,3)4)8-12(16)7-10;/h6-8,13H,5,9,17H2,1-4H3;1H/t13-;/m0./s1. The predicted molar refractivity (Wildman–Crippen MR) is 88.3 cm³/mol. The largest absolute Gasteiger partial charge is 0.466 e. The van der Waals surface area contributed by atoms with Gasteiger partial charge in [0, 0.05) is 10.5 Å². The minimum absolute atomic E-state index is 0. The van der Waals surface area contributed by atoms with Crippen LogP contribution in [0.4, 0.5) is 0 Å². The van der Waals surface area contributed by atoms with E-state index in [1.54, 1.807) is 6.92 Å². The molecule has 0 spiro atoms. The van der Waals surface area contributed by atoms with Crippen LogP contribution >= 0.6 is 28.3 Å². The van der Waals surface area contributed by atoms with Gasteiger partial charge in [0.2, 0.25) is 0 Å². The normalized spacial score (nSPS) is 12.5. The van der Waals surface area contributed by atoms with Crippen LogP contribution in [0.1, 0.15) is 51.3 Å². The third-order valence-electron chi connectivity index (χ3n) is 2.91. The van der Waals surface area contributed by atoms with Gasteiger partial charge in [-0.25, -0.2) is 0 Å². The lowest BCUT2D eigenvalue weighted by Crippen LogP contribution is -2.19. The van der Waals surface area contributed by atoms with Crippen LogP contribution in [0.5, 0.6) is 0 Å². The molecule has 1 rings (SSSR count). The van der Waals surface area contributed by atoms with E-state index in [9.17, 15) is 4.79 Å². The van der Waals surface area contributed by atoms with Crippen molar-refractivity contribution in [3.8, 4) is 0 Å². The van der Waals surface area contributed by atoms with Crippen molar-refractivity contribution in [1.82, 2.24) is 0 Å². The zero-order valence-corrected chi connectivity index (χ0v) is 14.8. The first kappa shape index (κ1) is 19.4. The van der Waals surface area contributed by atoms with Crippen molar-refractivity contribution >= 4 is 34.3 Å². The predicted octanol–water partition coefficient (Wildman–Crippen LogP) is 4.12. The number of carbonyl (C=O) groups excluding carboxylic acids is 1. The number of rotatable bonds is 4. The average Bonchev–Trinajstić information content (AvgIpc) is 2.27. The zero-order chi connectivity index (χ0) is 14.6. The molecule has 1 atom stereocenters. The monoisotopic (exact) mass is 363 g/mol. The van der Waals surface area contributed by atoms with E-state index in [0.29, 0.717) is 6.61 Å². The Morgan fingerprint density at radius 3 is 2.45 bits per heavy atom. The molecule has 0 aliphatic rings. The van der Waals surface area contributed by atoms with Gasteiger partial charge in [-0.2, -0.15) is 0 Å². The lowest BCUT2D eigenvalue weighted by atomic mass is 9.85. The molecule has 1 aromatic rings. The summed E-state index contributed by atoms with van der Waals surface area (Å²) in [5.74, 6) is -0.257. The maximum atomic E-state index is 11.5. The van der Waals surface area contributed by atoms with Crippen LogP contribution in [0.2, 0.25) is 0 Å². The first-order valence-corrected chi connectivity index (χ1v) is 7.25. The zero-order valence-electron chi connectivity index (χ0n) is 12.4. The molecule has 0 aromatic heterocycles. The van der Waals surface area contributed by atoms with E-state index >= 15 is 0 Å². The molecule has 5 heteroatoms. The number of ether oxygens (including phenoxy) is 1. The molecule has 0 saturated heterocycles. The number of nitrogens with two attached hydrogens (primary N) is 1. The second kappa shape index (κ2) is 8.01. The molecule has 0 aliphatic heterocycles. The van der Waals surface area contributed by atoms with E-state index < -0.39 is 0 Å². The molecule has 2 N–H and O–H groups in total. The maximum absolute atomic E-state index is 11.5. The third-order valence-corrected chi connectivity index (χ3v) is 3.36. The molecule has 0 unspecified atom stereocenters. The summed E-state index contributed by atoms with van der Waals surface area (Å²) in [6.07, 6.45) is 0.202. The van der Waals surface area contributed by atoms with Crippen molar-refractivity contribution < 1.29 is 9.53 Å². The summed E-state index contributed by atoms with van der Waals surface area (Å²) in [6, 6.07) is 5.77. The van der Waals surface area contributed by atoms with Crippen molar-refractivity contribution in [3.63, 3.8) is 0 Å². The quantitative estimate of drug-likeness (QED) is 0.818. The number of benzene rings is 1. The highest BCUT2D eigenvalue weighted by Gasteiger charge is 2.18. The van der Waals surface area contributed by atoms with Gasteiger partial charge in [-0.1, -0.05) is 42.8 Å². The molecule has 0 fully saturated rings. The fraction of sp³-hybridized carbons (Fsp3) is 0.533. The van der Waals surface area contributed by atoms with Crippen molar-refractivity contribution in [2.75, 3.05) is 6.61 Å². The van der Waals surface area contributed by atoms with Crippen LogP contribution in [0, 0.1) is 0 Å². The number of esters is 1. The van der Waals surface area contributed by atoms with Gasteiger partial charge in [0.1, 0.15) is 0 Å². The lowest BCUT2D eigenvalue weighted by Gasteiger charge is -2.22. The minimum Gasteiger partial charge on any atom is -0.466 e. The Morgan fingerprint density at radius 2 is 1.95 bits per heavy atom. The first-order chi connectivity index (χ1) is 8.74. The van der Waals surface area contributed by atoms with Crippen molar-refractivity contribution in [1.29, 1.82) is 0 Å². The number of halogens is 2. The summed E-state index contributed by atoms with van der Waals surface area (Å²) >= 11 is 3.50. The van der Waals surface area contributed by atoms with Crippen LogP contribution in [-0.2, 0) is 14.9 Å². The molecule has 1 aromatic carbocycles. The summed E-state index contributed by atoms with van der Waals surface area (Å²) in [5.41, 5.74) is 8.27. The van der Waals surface area contributed by atoms with E-state index in [4.69, 9.17) is 10.5 Å². The number of hydrogen-bond acceptors (Lipinski definition) is 3. The highest BCUT2D eigenvalue weighted by molar-refractivity contribution is 9.10. The number of hydrogen-bond donors (Lipinski definition) is 1. The van der Waals surface area contributed by atoms with E-state index in [0.717, 1.165) is 10.0 Å². The fourth-order valence-corrected chi connectivity index (χ4v) is 2.29. The molecule has 0 saturated carbocycles. The van der Waals surface area contributed by atoms with Crippen molar-refractivity contribution in [3.05, 3.63) is 33.8 Å². The van der Waals surface area contributed by atoms with Crippen LogP contribution in [0.3, 0.4) is 0 Å². The molecule has 0 bridgehead atoms. The number of carbonyl (C=O) groups is 1. The van der Waals surface area contributed by atoms with Gasteiger partial charge >= 0.3 is 5.97 Å². The van der Waals surface area contributed by atoms with Crippen LogP contribution in [0.25, 0.3) is 0 Å². The Labute approximate surface area is 135 Å². The van der Waals surface area contributed by atoms with Gasteiger partial charge < -0.3 is 10.5 Å². The molecule has 0 aliphatic carbocycles. The van der Waals surface area contributed by atoms with Crippen LogP contribution < -0.4 is 5.73 Å². The van der Waals surface area contributed by atoms with Gasteiger partial charge in [-0.3, -0.25) is 4.79 Å². The summed E-state index contributed by atoms with van der Waals surface area (Å²) < 4.78 is 5.91. The van der Waals surface area contributed by atoms with Gasteiger partial charge in [0.15, 0.2) is 0 Å². The van der Waals surface area contributed by atoms with Crippen LogP contribution in [-0.4, -0.2) is 12.6 Å². The molecule has 0 heterocycles. The SMILES string of the molecule is CCOC(=O)C[C@H](N)c1cc(Br)cc(C(C)(C)C)c1.Cl. The Kier molecular flexibility index (Phi) is 7.78. The Balaban J connectivity index is 0.00000361.